The van der Waals surface area contributed by atoms with Crippen LogP contribution >= 0.6 is 0 Å². The van der Waals surface area contributed by atoms with Gasteiger partial charge in [0.2, 0.25) is 0 Å². The molecular formula is C29H30FN7O2. The van der Waals surface area contributed by atoms with Gasteiger partial charge in [-0.15, -0.1) is 0 Å². The second-order valence-corrected chi connectivity index (χ2v) is 11.0. The van der Waals surface area contributed by atoms with E-state index in [1.165, 1.54) is 12.1 Å². The highest BCUT2D eigenvalue weighted by molar-refractivity contribution is 6.06. The Balaban J connectivity index is 1.13. The molecule has 200 valence electrons. The Morgan fingerprint density at radius 1 is 1.15 bits per heavy atom. The first-order valence-electron chi connectivity index (χ1n) is 13.3. The number of piperidine rings is 1. The van der Waals surface area contributed by atoms with Gasteiger partial charge in [-0.3, -0.25) is 9.20 Å². The number of hydrogen-bond donors (Lipinski definition) is 3. The van der Waals surface area contributed by atoms with Gasteiger partial charge in [-0.1, -0.05) is 6.07 Å². The summed E-state index contributed by atoms with van der Waals surface area (Å²) in [6, 6.07) is 10.6. The highest BCUT2D eigenvalue weighted by Gasteiger charge is 2.46. The summed E-state index contributed by atoms with van der Waals surface area (Å²) < 4.78 is 15.5. The van der Waals surface area contributed by atoms with Crippen molar-refractivity contribution >= 4 is 28.7 Å². The molecule has 3 N–H and O–H groups in total. The molecule has 2 saturated heterocycles. The number of carbonyl (C=O) groups excluding carboxylic acids is 1. The number of hydrogen-bond acceptors (Lipinski definition) is 7. The number of imidazole rings is 1. The molecule has 1 aromatic carbocycles. The Morgan fingerprint density at radius 2 is 2.03 bits per heavy atom. The number of aromatic nitrogens is 3. The summed E-state index contributed by atoms with van der Waals surface area (Å²) in [5.74, 6) is 0.409. The SMILES string of the molecule is CN1CC(O)(C2CCCN(c3ccc(Nc4ccc(-c5cnc6cc(F)ccn56)c5c4C(=O)NC5)nc3)C2)C1. The molecule has 0 aliphatic carbocycles. The molecule has 3 aliphatic rings. The van der Waals surface area contributed by atoms with Crippen LogP contribution in [0.15, 0.2) is 55.0 Å². The maximum Gasteiger partial charge on any atom is 0.254 e. The number of nitrogens with zero attached hydrogens (tertiary/aromatic N) is 5. The monoisotopic (exact) mass is 527 g/mol. The van der Waals surface area contributed by atoms with Gasteiger partial charge in [-0.25, -0.2) is 14.4 Å². The number of likely N-dealkylation sites (tertiary alicyclic amines) is 1. The lowest BCUT2D eigenvalue weighted by atomic mass is 9.76. The van der Waals surface area contributed by atoms with E-state index in [1.807, 2.05) is 41.9 Å². The van der Waals surface area contributed by atoms with Crippen molar-refractivity contribution in [1.82, 2.24) is 24.6 Å². The van der Waals surface area contributed by atoms with E-state index in [1.54, 1.807) is 12.4 Å². The zero-order valence-electron chi connectivity index (χ0n) is 21.7. The van der Waals surface area contributed by atoms with Crippen LogP contribution in [0.3, 0.4) is 0 Å². The Kier molecular flexibility index (Phi) is 5.57. The molecule has 10 heteroatoms. The maximum atomic E-state index is 13.7. The Hall–Kier alpha value is -4.02. The van der Waals surface area contributed by atoms with Gasteiger partial charge in [0.1, 0.15) is 17.3 Å². The molecule has 3 aliphatic heterocycles. The van der Waals surface area contributed by atoms with Gasteiger partial charge < -0.3 is 25.5 Å². The third kappa shape index (κ3) is 4.11. The number of halogens is 1. The molecule has 1 amide bonds. The zero-order chi connectivity index (χ0) is 26.7. The predicted octanol–water partition coefficient (Wildman–Crippen LogP) is 3.42. The van der Waals surface area contributed by atoms with Gasteiger partial charge in [-0.05, 0) is 49.7 Å². The Labute approximate surface area is 225 Å². The van der Waals surface area contributed by atoms with Crippen molar-refractivity contribution in [2.24, 2.45) is 5.92 Å². The van der Waals surface area contributed by atoms with E-state index in [0.29, 0.717) is 29.3 Å². The number of likely N-dealkylation sites (N-methyl/N-ethyl adjacent to an activating group) is 1. The van der Waals surface area contributed by atoms with Gasteiger partial charge >= 0.3 is 0 Å². The van der Waals surface area contributed by atoms with Crippen molar-refractivity contribution in [2.45, 2.75) is 25.0 Å². The molecule has 1 unspecified atom stereocenters. The number of β-amino-alcohol motifs (C(OH)–C–C–N with tert-alkyl or cyclic N) is 1. The summed E-state index contributed by atoms with van der Waals surface area (Å²) in [6.45, 7) is 3.64. The van der Waals surface area contributed by atoms with Gasteiger partial charge in [0, 0.05) is 56.5 Å². The van der Waals surface area contributed by atoms with Crippen LogP contribution in [0.1, 0.15) is 28.8 Å². The number of benzene rings is 1. The first-order valence-corrected chi connectivity index (χ1v) is 13.3. The highest BCUT2D eigenvalue weighted by atomic mass is 19.1. The number of nitrogens with one attached hydrogen (secondary N) is 2. The quantitative estimate of drug-likeness (QED) is 0.366. The van der Waals surface area contributed by atoms with Crippen LogP contribution in [0.2, 0.25) is 0 Å². The van der Waals surface area contributed by atoms with E-state index < -0.39 is 5.60 Å². The van der Waals surface area contributed by atoms with E-state index in [0.717, 1.165) is 61.5 Å². The molecule has 0 saturated carbocycles. The molecule has 1 atom stereocenters. The standard InChI is InChI=1S/C29H30FN7O2/c1-35-16-29(39,17-35)18-3-2-9-36(15-18)20-4-7-25(31-12-20)34-23-6-5-21(22-13-33-28(38)27(22)23)24-14-32-26-11-19(30)8-10-37(24)26/h4-8,10-12,14,18,39H,2-3,9,13,15-17H2,1H3,(H,31,34)(H,33,38). The first kappa shape index (κ1) is 24.1. The largest absolute Gasteiger partial charge is 0.387 e. The number of aliphatic hydroxyl groups is 1. The second-order valence-electron chi connectivity index (χ2n) is 11.0. The van der Waals surface area contributed by atoms with Crippen LogP contribution in [-0.2, 0) is 6.54 Å². The molecule has 2 fully saturated rings. The van der Waals surface area contributed by atoms with Crippen LogP contribution in [0.4, 0.5) is 21.6 Å². The Bertz CT molecular complexity index is 1580. The summed E-state index contributed by atoms with van der Waals surface area (Å²) in [7, 11) is 2.04. The topological polar surface area (TPSA) is 98.0 Å². The normalized spacial score (nSPS) is 20.5. The fourth-order valence-corrected chi connectivity index (χ4v) is 6.43. The fourth-order valence-electron chi connectivity index (χ4n) is 6.43. The number of amides is 1. The average Bonchev–Trinajstić information content (AvgIpc) is 3.52. The molecular weight excluding hydrogens is 497 g/mol. The van der Waals surface area contributed by atoms with Crippen molar-refractivity contribution in [3.63, 3.8) is 0 Å². The van der Waals surface area contributed by atoms with Crippen LogP contribution in [0.5, 0.6) is 0 Å². The number of pyridine rings is 2. The van der Waals surface area contributed by atoms with Crippen LogP contribution in [-0.4, -0.2) is 69.1 Å². The molecule has 3 aromatic heterocycles. The average molecular weight is 528 g/mol. The maximum absolute atomic E-state index is 13.7. The second kappa shape index (κ2) is 9.03. The highest BCUT2D eigenvalue weighted by Crippen LogP contribution is 2.37. The summed E-state index contributed by atoms with van der Waals surface area (Å²) in [4.78, 5) is 26.3. The van der Waals surface area contributed by atoms with E-state index in [9.17, 15) is 14.3 Å². The number of rotatable bonds is 5. The number of anilines is 3. The lowest BCUT2D eigenvalue weighted by Crippen LogP contribution is -2.66. The van der Waals surface area contributed by atoms with Gasteiger partial charge in [0.15, 0.2) is 0 Å². The van der Waals surface area contributed by atoms with E-state index in [-0.39, 0.29) is 17.6 Å². The zero-order valence-corrected chi connectivity index (χ0v) is 21.7. The van der Waals surface area contributed by atoms with Crippen molar-refractivity contribution < 1.29 is 14.3 Å². The van der Waals surface area contributed by atoms with E-state index >= 15 is 0 Å². The molecule has 0 radical (unpaired) electrons. The van der Waals surface area contributed by atoms with Gasteiger partial charge in [-0.2, -0.15) is 0 Å². The molecule has 0 spiro atoms. The van der Waals surface area contributed by atoms with Crippen LogP contribution in [0.25, 0.3) is 16.9 Å². The van der Waals surface area contributed by atoms with E-state index in [2.05, 4.69) is 30.4 Å². The van der Waals surface area contributed by atoms with Crippen molar-refractivity contribution in [1.29, 1.82) is 0 Å². The molecule has 6 heterocycles. The summed E-state index contributed by atoms with van der Waals surface area (Å²) in [6.07, 6.45) is 7.30. The number of fused-ring (bicyclic) bond motifs is 2. The third-order valence-corrected chi connectivity index (χ3v) is 8.36. The number of carbonyl (C=O) groups is 1. The van der Waals surface area contributed by atoms with Gasteiger partial charge in [0.05, 0.1) is 40.6 Å². The summed E-state index contributed by atoms with van der Waals surface area (Å²) >= 11 is 0. The fraction of sp³-hybridized carbons (Fsp3) is 0.345. The van der Waals surface area contributed by atoms with Crippen molar-refractivity contribution in [2.75, 3.05) is 43.4 Å². The first-order chi connectivity index (χ1) is 18.9. The van der Waals surface area contributed by atoms with Crippen LogP contribution in [0, 0.1) is 11.7 Å². The molecule has 9 nitrogen and oxygen atoms in total. The van der Waals surface area contributed by atoms with Crippen LogP contribution < -0.4 is 15.5 Å². The molecule has 7 rings (SSSR count). The minimum Gasteiger partial charge on any atom is -0.387 e. The van der Waals surface area contributed by atoms with Gasteiger partial charge in [0.25, 0.3) is 5.91 Å². The smallest absolute Gasteiger partial charge is 0.254 e. The molecule has 0 bridgehead atoms. The molecule has 4 aromatic rings. The third-order valence-electron chi connectivity index (χ3n) is 8.36. The Morgan fingerprint density at radius 3 is 2.82 bits per heavy atom. The minimum atomic E-state index is -0.588. The molecule has 39 heavy (non-hydrogen) atoms. The van der Waals surface area contributed by atoms with Crippen molar-refractivity contribution in [3.05, 3.63) is 71.9 Å². The summed E-state index contributed by atoms with van der Waals surface area (Å²) in [5.41, 5.74) is 4.74. The summed E-state index contributed by atoms with van der Waals surface area (Å²) in [5, 5.41) is 17.2. The predicted molar refractivity (Wildman–Crippen MR) is 147 cm³/mol. The minimum absolute atomic E-state index is 0.148. The van der Waals surface area contributed by atoms with Crippen molar-refractivity contribution in [3.8, 4) is 11.3 Å². The van der Waals surface area contributed by atoms with E-state index in [4.69, 9.17) is 0 Å². The lowest BCUT2D eigenvalue weighted by molar-refractivity contribution is -0.128. The lowest BCUT2D eigenvalue weighted by Gasteiger charge is -2.52.